The molecule has 2 N–H and O–H groups in total. The lowest BCUT2D eigenvalue weighted by Crippen LogP contribution is -2.28. The van der Waals surface area contributed by atoms with Gasteiger partial charge in [0, 0.05) is 19.2 Å². The van der Waals surface area contributed by atoms with Crippen LogP contribution in [0.4, 0.5) is 18.9 Å². The van der Waals surface area contributed by atoms with E-state index in [1.165, 1.54) is 24.1 Å². The fourth-order valence-electron chi connectivity index (χ4n) is 3.39. The molecule has 1 fully saturated rings. The predicted molar refractivity (Wildman–Crippen MR) is 111 cm³/mol. The van der Waals surface area contributed by atoms with Crippen LogP contribution in [0.25, 0.3) is 0 Å². The Balaban J connectivity index is 1.54. The van der Waals surface area contributed by atoms with E-state index in [4.69, 9.17) is 16.0 Å². The molecular formula is C20H20ClF3N6O3. The maximum absolute atomic E-state index is 13.3. The first-order valence-corrected chi connectivity index (χ1v) is 10.4. The van der Waals surface area contributed by atoms with E-state index in [0.717, 1.165) is 4.68 Å². The maximum Gasteiger partial charge on any atom is 0.436 e. The molecule has 0 aromatic carbocycles. The molecule has 3 aromatic rings. The highest BCUT2D eigenvalue weighted by Crippen LogP contribution is 2.47. The molecule has 1 unspecified atom stereocenters. The summed E-state index contributed by atoms with van der Waals surface area (Å²) in [5.41, 5.74) is -0.977. The number of aromatic nitrogens is 4. The van der Waals surface area contributed by atoms with Crippen LogP contribution in [-0.4, -0.2) is 31.4 Å². The smallest absolute Gasteiger partial charge is 0.436 e. The van der Waals surface area contributed by atoms with Gasteiger partial charge in [-0.3, -0.25) is 19.0 Å². The number of halogens is 4. The predicted octanol–water partition coefficient (Wildman–Crippen LogP) is 3.89. The first kappa shape index (κ1) is 22.9. The molecule has 0 aliphatic heterocycles. The third-order valence-corrected chi connectivity index (χ3v) is 5.54. The summed E-state index contributed by atoms with van der Waals surface area (Å²) in [6.07, 6.45) is -0.521. The maximum atomic E-state index is 13.3. The van der Waals surface area contributed by atoms with Crippen molar-refractivity contribution in [1.82, 2.24) is 24.9 Å². The number of aryl methyl sites for hydroxylation is 1. The molecule has 3 aromatic heterocycles. The van der Waals surface area contributed by atoms with Crippen LogP contribution in [0.1, 0.15) is 59.4 Å². The Morgan fingerprint density at radius 3 is 2.67 bits per heavy atom. The Hall–Kier alpha value is -3.28. The number of amides is 2. The Kier molecular flexibility index (Phi) is 5.95. The molecule has 13 heteroatoms. The first-order valence-electron chi connectivity index (χ1n) is 10.1. The van der Waals surface area contributed by atoms with Gasteiger partial charge in [-0.15, -0.1) is 0 Å². The lowest BCUT2D eigenvalue weighted by molar-refractivity contribution is -0.141. The second-order valence-corrected chi connectivity index (χ2v) is 8.13. The van der Waals surface area contributed by atoms with Crippen molar-refractivity contribution in [1.29, 1.82) is 0 Å². The van der Waals surface area contributed by atoms with Gasteiger partial charge in [-0.1, -0.05) is 11.6 Å². The van der Waals surface area contributed by atoms with Crippen molar-refractivity contribution in [3.63, 3.8) is 0 Å². The fourth-order valence-corrected chi connectivity index (χ4v) is 3.77. The van der Waals surface area contributed by atoms with Crippen LogP contribution in [0.15, 0.2) is 29.0 Å². The van der Waals surface area contributed by atoms with Gasteiger partial charge in [0.05, 0.1) is 29.2 Å². The molecule has 176 valence electrons. The normalized spacial score (nSPS) is 14.8. The van der Waals surface area contributed by atoms with E-state index in [1.54, 1.807) is 19.2 Å². The summed E-state index contributed by atoms with van der Waals surface area (Å²) < 4.78 is 47.5. The third-order valence-electron chi connectivity index (χ3n) is 5.17. The van der Waals surface area contributed by atoms with Crippen molar-refractivity contribution < 1.29 is 27.2 Å². The molecule has 0 saturated heterocycles. The average Bonchev–Trinajstić information content (AvgIpc) is 3.14. The van der Waals surface area contributed by atoms with Crippen LogP contribution in [0.5, 0.6) is 0 Å². The first-order chi connectivity index (χ1) is 15.6. The average molecular weight is 485 g/mol. The summed E-state index contributed by atoms with van der Waals surface area (Å²) in [6.45, 7) is 1.53. The number of carbonyl (C=O) groups is 2. The molecule has 4 rings (SSSR count). The molecule has 1 atom stereocenters. The van der Waals surface area contributed by atoms with Gasteiger partial charge in [-0.2, -0.15) is 23.4 Å². The molecule has 1 aliphatic rings. The zero-order chi connectivity index (χ0) is 23.9. The van der Waals surface area contributed by atoms with E-state index in [1.807, 2.05) is 0 Å². The van der Waals surface area contributed by atoms with E-state index in [2.05, 4.69) is 20.8 Å². The Morgan fingerprint density at radius 2 is 2.06 bits per heavy atom. The summed E-state index contributed by atoms with van der Waals surface area (Å²) in [4.78, 5) is 25.5. The highest BCUT2D eigenvalue weighted by molar-refractivity contribution is 6.32. The van der Waals surface area contributed by atoms with Crippen molar-refractivity contribution >= 4 is 29.1 Å². The number of hydrogen-bond acceptors (Lipinski definition) is 5. The van der Waals surface area contributed by atoms with Gasteiger partial charge in [-0.05, 0) is 31.9 Å². The Morgan fingerprint density at radius 1 is 1.33 bits per heavy atom. The van der Waals surface area contributed by atoms with E-state index in [-0.39, 0.29) is 29.5 Å². The summed E-state index contributed by atoms with van der Waals surface area (Å²) in [5.74, 6) is -0.882. The van der Waals surface area contributed by atoms with E-state index >= 15 is 0 Å². The number of carbonyl (C=O) groups excluding carboxylic acids is 2. The van der Waals surface area contributed by atoms with Crippen molar-refractivity contribution in [2.24, 2.45) is 7.05 Å². The number of furan rings is 1. The monoisotopic (exact) mass is 484 g/mol. The number of rotatable bonds is 7. The summed E-state index contributed by atoms with van der Waals surface area (Å²) in [5, 5.41) is 12.4. The second-order valence-electron chi connectivity index (χ2n) is 7.76. The molecule has 9 nitrogen and oxygen atoms in total. The molecule has 33 heavy (non-hydrogen) atoms. The highest BCUT2D eigenvalue weighted by Gasteiger charge is 2.43. The lowest BCUT2D eigenvalue weighted by Gasteiger charge is -2.15. The number of anilines is 1. The van der Waals surface area contributed by atoms with E-state index in [0.29, 0.717) is 18.6 Å². The molecule has 0 spiro atoms. The standard InChI is InChI=1S/C20H20ClF3N6O3/c1-10(30-16(11-5-6-11)14(21)17(28-30)20(22,23)24)18(31)26-13-9-29(2)27-15(13)19(32)25-8-12-4-3-7-33-12/h3-4,7,9-11H,5-6,8H2,1-2H3,(H,25,32)(H,26,31). The van der Waals surface area contributed by atoms with Gasteiger partial charge < -0.3 is 15.1 Å². The minimum Gasteiger partial charge on any atom is -0.467 e. The molecule has 0 bridgehead atoms. The number of nitrogens with one attached hydrogen (secondary N) is 2. The number of nitrogens with zero attached hydrogens (tertiary/aromatic N) is 4. The second kappa shape index (κ2) is 8.58. The van der Waals surface area contributed by atoms with Gasteiger partial charge in [0.15, 0.2) is 11.4 Å². The van der Waals surface area contributed by atoms with Gasteiger partial charge in [-0.25, -0.2) is 0 Å². The van der Waals surface area contributed by atoms with Crippen LogP contribution in [0.3, 0.4) is 0 Å². The fraction of sp³-hybridized carbons (Fsp3) is 0.400. The van der Waals surface area contributed by atoms with Crippen LogP contribution in [-0.2, 0) is 24.6 Å². The lowest BCUT2D eigenvalue weighted by atomic mass is 10.2. The molecule has 2 amide bonds. The summed E-state index contributed by atoms with van der Waals surface area (Å²) in [7, 11) is 1.57. The Bertz CT molecular complexity index is 1180. The molecule has 0 radical (unpaired) electrons. The summed E-state index contributed by atoms with van der Waals surface area (Å²) >= 11 is 6.00. The largest absolute Gasteiger partial charge is 0.467 e. The van der Waals surface area contributed by atoms with Gasteiger partial charge in [0.2, 0.25) is 5.91 Å². The molecule has 3 heterocycles. The minimum atomic E-state index is -4.75. The van der Waals surface area contributed by atoms with Crippen molar-refractivity contribution in [2.75, 3.05) is 5.32 Å². The highest BCUT2D eigenvalue weighted by atomic mass is 35.5. The molecular weight excluding hydrogens is 465 g/mol. The topological polar surface area (TPSA) is 107 Å². The third kappa shape index (κ3) is 4.75. The number of hydrogen-bond donors (Lipinski definition) is 2. The van der Waals surface area contributed by atoms with Crippen molar-refractivity contribution in [3.05, 3.63) is 52.5 Å². The van der Waals surface area contributed by atoms with Crippen LogP contribution < -0.4 is 10.6 Å². The van der Waals surface area contributed by atoms with Crippen LogP contribution >= 0.6 is 11.6 Å². The number of alkyl halides is 3. The zero-order valence-corrected chi connectivity index (χ0v) is 18.4. The SMILES string of the molecule is CC(C(=O)Nc1cn(C)nc1C(=O)NCc1ccco1)n1nc(C(F)(F)F)c(Cl)c1C1CC1. The molecule has 1 aliphatic carbocycles. The van der Waals surface area contributed by atoms with Crippen LogP contribution in [0.2, 0.25) is 5.02 Å². The quantitative estimate of drug-likeness (QED) is 0.529. The van der Waals surface area contributed by atoms with Crippen molar-refractivity contribution in [2.45, 2.75) is 44.4 Å². The molecule has 1 saturated carbocycles. The zero-order valence-electron chi connectivity index (χ0n) is 17.6. The van der Waals surface area contributed by atoms with Crippen LogP contribution in [0, 0.1) is 0 Å². The van der Waals surface area contributed by atoms with Gasteiger partial charge in [0.25, 0.3) is 5.91 Å². The summed E-state index contributed by atoms with van der Waals surface area (Å²) in [6, 6.07) is 2.25. The van der Waals surface area contributed by atoms with E-state index in [9.17, 15) is 22.8 Å². The minimum absolute atomic E-state index is 0.0542. The van der Waals surface area contributed by atoms with Gasteiger partial charge in [0.1, 0.15) is 11.8 Å². The van der Waals surface area contributed by atoms with Gasteiger partial charge >= 0.3 is 6.18 Å². The van der Waals surface area contributed by atoms with Crippen molar-refractivity contribution in [3.8, 4) is 0 Å². The van der Waals surface area contributed by atoms with E-state index < -0.39 is 34.7 Å². The Labute approximate surface area is 190 Å².